The van der Waals surface area contributed by atoms with Gasteiger partial charge < -0.3 is 5.21 Å². The van der Waals surface area contributed by atoms with Crippen LogP contribution in [0.15, 0.2) is 84.5 Å². The molecule has 6 nitrogen and oxygen atoms in total. The third-order valence-corrected chi connectivity index (χ3v) is 3.79. The Labute approximate surface area is 151 Å². The lowest BCUT2D eigenvalue weighted by Crippen LogP contribution is -2.40. The SMILES string of the molecule is O=C(c1ccccc1)c1cc[n+](COC[n+]2ccc(/C=N\O)cc2)cc1. The summed E-state index contributed by atoms with van der Waals surface area (Å²) in [5, 5.41) is 11.5. The second kappa shape index (κ2) is 8.64. The number of carbonyl (C=O) groups excluding carboxylic acids is 1. The standard InChI is InChI=1S/C20H18N3O3/c24-20(18-4-2-1-3-5-18)19-8-12-23(13-9-19)16-26-15-22-10-6-17(7-11-22)14-21-25/h1-14H,15-16H2/q+1/p+1. The number of pyridine rings is 2. The third-order valence-electron chi connectivity index (χ3n) is 3.79. The highest BCUT2D eigenvalue weighted by molar-refractivity contribution is 6.08. The average molecular weight is 349 g/mol. The molecule has 130 valence electrons. The number of hydrogen-bond acceptors (Lipinski definition) is 4. The van der Waals surface area contributed by atoms with Crippen LogP contribution in [-0.2, 0) is 18.2 Å². The highest BCUT2D eigenvalue weighted by Crippen LogP contribution is 2.07. The Morgan fingerprint density at radius 2 is 1.42 bits per heavy atom. The summed E-state index contributed by atoms with van der Waals surface area (Å²) >= 11 is 0. The Bertz CT molecular complexity index is 876. The average Bonchev–Trinajstić information content (AvgIpc) is 2.70. The molecular formula is C20H19N3O3+2. The zero-order chi connectivity index (χ0) is 18.2. The molecule has 0 bridgehead atoms. The monoisotopic (exact) mass is 349 g/mol. The summed E-state index contributed by atoms with van der Waals surface area (Å²) < 4.78 is 9.37. The lowest BCUT2D eigenvalue weighted by atomic mass is 10.1. The maximum atomic E-state index is 12.4. The Hall–Kier alpha value is -3.38. The molecule has 0 atom stereocenters. The second-order valence-electron chi connectivity index (χ2n) is 5.65. The van der Waals surface area contributed by atoms with Crippen molar-refractivity contribution >= 4 is 12.0 Å². The van der Waals surface area contributed by atoms with Gasteiger partial charge in [0.05, 0.1) is 6.21 Å². The van der Waals surface area contributed by atoms with Crippen molar-refractivity contribution in [2.45, 2.75) is 13.5 Å². The lowest BCUT2D eigenvalue weighted by molar-refractivity contribution is -0.788. The van der Waals surface area contributed by atoms with E-state index in [-0.39, 0.29) is 5.78 Å². The van der Waals surface area contributed by atoms with Gasteiger partial charge in [-0.3, -0.25) is 9.53 Å². The number of rotatable bonds is 7. The fourth-order valence-corrected chi connectivity index (χ4v) is 2.41. The first kappa shape index (κ1) is 17.4. The first-order chi connectivity index (χ1) is 12.8. The molecule has 26 heavy (non-hydrogen) atoms. The van der Waals surface area contributed by atoms with E-state index in [1.54, 1.807) is 24.3 Å². The van der Waals surface area contributed by atoms with E-state index in [1.807, 2.05) is 64.3 Å². The smallest absolute Gasteiger partial charge is 0.257 e. The third kappa shape index (κ3) is 4.58. The molecule has 0 unspecified atom stereocenters. The van der Waals surface area contributed by atoms with Gasteiger partial charge >= 0.3 is 0 Å². The van der Waals surface area contributed by atoms with Crippen LogP contribution in [-0.4, -0.2) is 17.2 Å². The summed E-state index contributed by atoms with van der Waals surface area (Å²) in [4.78, 5) is 12.4. The van der Waals surface area contributed by atoms with E-state index < -0.39 is 0 Å². The molecule has 0 aliphatic carbocycles. The molecule has 2 heterocycles. The predicted octanol–water partition coefficient (Wildman–Crippen LogP) is 1.93. The summed E-state index contributed by atoms with van der Waals surface area (Å²) in [6, 6.07) is 16.4. The van der Waals surface area contributed by atoms with Gasteiger partial charge in [0.25, 0.3) is 13.5 Å². The van der Waals surface area contributed by atoms with Crippen molar-refractivity contribution in [1.82, 2.24) is 0 Å². The Kier molecular flexibility index (Phi) is 5.80. The van der Waals surface area contributed by atoms with Gasteiger partial charge in [-0.15, -0.1) is 0 Å². The maximum Gasteiger partial charge on any atom is 0.257 e. The summed E-state index contributed by atoms with van der Waals surface area (Å²) in [5.74, 6) is 0.000678. The van der Waals surface area contributed by atoms with Crippen molar-refractivity contribution in [2.24, 2.45) is 5.16 Å². The van der Waals surface area contributed by atoms with Crippen LogP contribution in [0.25, 0.3) is 0 Å². The van der Waals surface area contributed by atoms with E-state index >= 15 is 0 Å². The minimum absolute atomic E-state index is 0.000678. The Morgan fingerprint density at radius 3 is 2.00 bits per heavy atom. The Morgan fingerprint density at radius 1 is 0.885 bits per heavy atom. The largest absolute Gasteiger partial charge is 0.411 e. The molecule has 0 aliphatic heterocycles. The van der Waals surface area contributed by atoms with Gasteiger partial charge in [0.15, 0.2) is 30.6 Å². The minimum atomic E-state index is 0.000678. The highest BCUT2D eigenvalue weighted by atomic mass is 16.5. The van der Waals surface area contributed by atoms with Gasteiger partial charge in [-0.25, -0.2) is 0 Å². The molecule has 0 saturated carbocycles. The summed E-state index contributed by atoms with van der Waals surface area (Å²) in [7, 11) is 0. The number of benzene rings is 1. The van der Waals surface area contributed by atoms with E-state index in [9.17, 15) is 4.79 Å². The van der Waals surface area contributed by atoms with Gasteiger partial charge in [-0.2, -0.15) is 9.13 Å². The molecule has 1 N–H and O–H groups in total. The van der Waals surface area contributed by atoms with Gasteiger partial charge in [0.1, 0.15) is 0 Å². The molecule has 3 rings (SSSR count). The number of aromatic nitrogens is 2. The van der Waals surface area contributed by atoms with Crippen LogP contribution in [0.4, 0.5) is 0 Å². The number of carbonyl (C=O) groups is 1. The summed E-state index contributed by atoms with van der Waals surface area (Å²) in [5.41, 5.74) is 2.12. The van der Waals surface area contributed by atoms with Crippen molar-refractivity contribution in [1.29, 1.82) is 0 Å². The Balaban J connectivity index is 1.54. The molecule has 0 fully saturated rings. The molecule has 2 aromatic heterocycles. The minimum Gasteiger partial charge on any atom is -0.411 e. The van der Waals surface area contributed by atoms with E-state index in [1.165, 1.54) is 6.21 Å². The van der Waals surface area contributed by atoms with Crippen LogP contribution in [0, 0.1) is 0 Å². The van der Waals surface area contributed by atoms with Crippen molar-refractivity contribution in [3.8, 4) is 0 Å². The van der Waals surface area contributed by atoms with Crippen molar-refractivity contribution in [3.63, 3.8) is 0 Å². The number of hydrogen-bond donors (Lipinski definition) is 1. The van der Waals surface area contributed by atoms with Gasteiger partial charge in [-0.05, 0) is 0 Å². The summed E-state index contributed by atoms with van der Waals surface area (Å²) in [6.45, 7) is 0.751. The van der Waals surface area contributed by atoms with E-state index in [2.05, 4.69) is 5.16 Å². The van der Waals surface area contributed by atoms with Crippen LogP contribution in [0.5, 0.6) is 0 Å². The van der Waals surface area contributed by atoms with Gasteiger partial charge in [0, 0.05) is 41.0 Å². The summed E-state index contributed by atoms with van der Waals surface area (Å²) in [6.07, 6.45) is 8.68. The van der Waals surface area contributed by atoms with E-state index in [4.69, 9.17) is 9.94 Å². The number of ether oxygens (including phenoxy) is 1. The number of oxime groups is 1. The molecule has 6 heteroatoms. The van der Waals surface area contributed by atoms with Gasteiger partial charge in [-0.1, -0.05) is 35.5 Å². The molecule has 3 aromatic rings. The maximum absolute atomic E-state index is 12.4. The van der Waals surface area contributed by atoms with Crippen LogP contribution >= 0.6 is 0 Å². The quantitative estimate of drug-likeness (QED) is 0.233. The van der Waals surface area contributed by atoms with E-state index in [0.717, 1.165) is 5.56 Å². The zero-order valence-electron chi connectivity index (χ0n) is 14.1. The van der Waals surface area contributed by atoms with Crippen LogP contribution in [0.1, 0.15) is 21.5 Å². The van der Waals surface area contributed by atoms with Gasteiger partial charge in [0.2, 0.25) is 0 Å². The normalized spacial score (nSPS) is 10.9. The fraction of sp³-hybridized carbons (Fsp3) is 0.100. The highest BCUT2D eigenvalue weighted by Gasteiger charge is 2.11. The molecule has 1 aromatic carbocycles. The molecule has 0 radical (unpaired) electrons. The van der Waals surface area contributed by atoms with Crippen LogP contribution in [0.2, 0.25) is 0 Å². The first-order valence-corrected chi connectivity index (χ1v) is 8.09. The first-order valence-electron chi connectivity index (χ1n) is 8.09. The topological polar surface area (TPSA) is 66.7 Å². The van der Waals surface area contributed by atoms with Crippen molar-refractivity contribution < 1.29 is 23.9 Å². The number of nitrogens with zero attached hydrogens (tertiary/aromatic N) is 3. The predicted molar refractivity (Wildman–Crippen MR) is 93.6 cm³/mol. The van der Waals surface area contributed by atoms with Crippen LogP contribution in [0.3, 0.4) is 0 Å². The van der Waals surface area contributed by atoms with E-state index in [0.29, 0.717) is 24.6 Å². The van der Waals surface area contributed by atoms with Crippen LogP contribution < -0.4 is 9.13 Å². The molecule has 0 saturated heterocycles. The fourth-order valence-electron chi connectivity index (χ4n) is 2.41. The molecule has 0 spiro atoms. The molecule has 0 amide bonds. The molecular weight excluding hydrogens is 330 g/mol. The lowest BCUT2D eigenvalue weighted by Gasteiger charge is -2.01. The van der Waals surface area contributed by atoms with Crippen molar-refractivity contribution in [2.75, 3.05) is 0 Å². The molecule has 0 aliphatic rings. The zero-order valence-corrected chi connectivity index (χ0v) is 14.1. The number of ketones is 1. The van der Waals surface area contributed by atoms with Crippen molar-refractivity contribution in [3.05, 3.63) is 96.1 Å². The second-order valence-corrected chi connectivity index (χ2v) is 5.65.